The van der Waals surface area contributed by atoms with Crippen LogP contribution in [0.3, 0.4) is 0 Å². The van der Waals surface area contributed by atoms with E-state index in [1.54, 1.807) is 0 Å². The van der Waals surface area contributed by atoms with Gasteiger partial charge >= 0.3 is 0 Å². The SMILES string of the molecule is CC(NC(=O)CCCCCCCCCc1ccccc1CN)C(=O)NO. The van der Waals surface area contributed by atoms with Gasteiger partial charge in [0.1, 0.15) is 6.04 Å². The molecule has 0 aliphatic rings. The van der Waals surface area contributed by atoms with Crippen LogP contribution in [0, 0.1) is 0 Å². The van der Waals surface area contributed by atoms with Gasteiger partial charge in [-0.3, -0.25) is 14.8 Å². The van der Waals surface area contributed by atoms with E-state index in [9.17, 15) is 9.59 Å². The van der Waals surface area contributed by atoms with Crippen molar-refractivity contribution in [2.75, 3.05) is 0 Å². The lowest BCUT2D eigenvalue weighted by molar-refractivity contribution is -0.134. The van der Waals surface area contributed by atoms with Crippen molar-refractivity contribution in [2.24, 2.45) is 5.73 Å². The van der Waals surface area contributed by atoms with Crippen LogP contribution < -0.4 is 16.5 Å². The first-order valence-electron chi connectivity index (χ1n) is 9.58. The molecule has 0 aliphatic heterocycles. The summed E-state index contributed by atoms with van der Waals surface area (Å²) in [6.45, 7) is 2.14. The second kappa shape index (κ2) is 13.3. The fraction of sp³-hybridized carbons (Fsp3) is 0.600. The molecule has 26 heavy (non-hydrogen) atoms. The molecule has 0 radical (unpaired) electrons. The van der Waals surface area contributed by atoms with Crippen LogP contribution in [0.5, 0.6) is 0 Å². The summed E-state index contributed by atoms with van der Waals surface area (Å²) in [4.78, 5) is 22.7. The summed E-state index contributed by atoms with van der Waals surface area (Å²) in [5.74, 6) is -0.757. The fourth-order valence-corrected chi connectivity index (χ4v) is 2.96. The zero-order chi connectivity index (χ0) is 19.2. The van der Waals surface area contributed by atoms with Crippen LogP contribution in [0.4, 0.5) is 0 Å². The number of aryl methyl sites for hydroxylation is 1. The summed E-state index contributed by atoms with van der Waals surface area (Å²) in [7, 11) is 0. The average molecular weight is 364 g/mol. The Bertz CT molecular complexity index is 549. The number of carbonyl (C=O) groups excluding carboxylic acids is 2. The summed E-state index contributed by atoms with van der Waals surface area (Å²) in [6, 6.07) is 7.66. The maximum Gasteiger partial charge on any atom is 0.265 e. The summed E-state index contributed by atoms with van der Waals surface area (Å²) in [6.07, 6.45) is 9.27. The minimum Gasteiger partial charge on any atom is -0.345 e. The molecule has 0 bridgehead atoms. The van der Waals surface area contributed by atoms with Crippen molar-refractivity contribution in [3.05, 3.63) is 35.4 Å². The van der Waals surface area contributed by atoms with Crippen LogP contribution >= 0.6 is 0 Å². The molecule has 0 fully saturated rings. The van der Waals surface area contributed by atoms with Gasteiger partial charge < -0.3 is 11.1 Å². The van der Waals surface area contributed by atoms with Gasteiger partial charge in [-0.1, -0.05) is 56.4 Å². The highest BCUT2D eigenvalue weighted by molar-refractivity contribution is 5.86. The van der Waals surface area contributed by atoms with Gasteiger partial charge in [-0.05, 0) is 37.3 Å². The molecule has 0 heterocycles. The standard InChI is InChI=1S/C20H33N3O3/c1-16(20(25)23-26)22-19(24)14-8-6-4-2-3-5-7-11-17-12-9-10-13-18(17)15-21/h9-10,12-13,16,26H,2-8,11,14-15,21H2,1H3,(H,22,24)(H,23,25). The molecule has 1 unspecified atom stereocenters. The predicted molar refractivity (Wildman–Crippen MR) is 103 cm³/mol. The van der Waals surface area contributed by atoms with E-state index in [1.807, 2.05) is 6.07 Å². The van der Waals surface area contributed by atoms with Crippen molar-refractivity contribution in [1.82, 2.24) is 10.8 Å². The van der Waals surface area contributed by atoms with Crippen molar-refractivity contribution >= 4 is 11.8 Å². The lowest BCUT2D eigenvalue weighted by Crippen LogP contribution is -2.43. The lowest BCUT2D eigenvalue weighted by atomic mass is 10.0. The van der Waals surface area contributed by atoms with Crippen molar-refractivity contribution in [3.63, 3.8) is 0 Å². The molecule has 0 saturated heterocycles. The molecule has 1 aromatic carbocycles. The molecular weight excluding hydrogens is 330 g/mol. The second-order valence-corrected chi connectivity index (χ2v) is 6.71. The Balaban J connectivity index is 1.99. The molecule has 2 amide bonds. The number of benzene rings is 1. The molecule has 1 atom stereocenters. The predicted octanol–water partition coefficient (Wildman–Crippen LogP) is 2.82. The molecule has 0 spiro atoms. The Labute approximate surface area is 156 Å². The third-order valence-corrected chi connectivity index (χ3v) is 4.57. The molecule has 6 heteroatoms. The Morgan fingerprint density at radius 3 is 2.19 bits per heavy atom. The highest BCUT2D eigenvalue weighted by atomic mass is 16.5. The molecule has 1 aromatic rings. The minimum absolute atomic E-state index is 0.153. The Morgan fingerprint density at radius 2 is 1.58 bits per heavy atom. The van der Waals surface area contributed by atoms with Gasteiger partial charge in [-0.2, -0.15) is 0 Å². The number of nitrogens with one attached hydrogen (secondary N) is 2. The topological polar surface area (TPSA) is 104 Å². The maximum atomic E-state index is 11.7. The van der Waals surface area contributed by atoms with Crippen LogP contribution in [0.25, 0.3) is 0 Å². The number of carbonyl (C=O) groups is 2. The lowest BCUT2D eigenvalue weighted by Gasteiger charge is -2.11. The van der Waals surface area contributed by atoms with Gasteiger partial charge in [0.15, 0.2) is 0 Å². The number of hydrogen-bond acceptors (Lipinski definition) is 4. The normalized spacial score (nSPS) is 11.8. The number of hydroxylamine groups is 1. The van der Waals surface area contributed by atoms with Gasteiger partial charge in [0, 0.05) is 13.0 Å². The first-order valence-corrected chi connectivity index (χ1v) is 9.58. The quantitative estimate of drug-likeness (QED) is 0.246. The van der Waals surface area contributed by atoms with Crippen LogP contribution in [-0.2, 0) is 22.6 Å². The number of rotatable bonds is 13. The van der Waals surface area contributed by atoms with E-state index in [1.165, 1.54) is 49.2 Å². The van der Waals surface area contributed by atoms with Crippen LogP contribution in [0.1, 0.15) is 69.4 Å². The van der Waals surface area contributed by atoms with Crippen molar-refractivity contribution < 1.29 is 14.8 Å². The Hall–Kier alpha value is -1.92. The smallest absolute Gasteiger partial charge is 0.265 e. The van der Waals surface area contributed by atoms with Crippen LogP contribution in [0.2, 0.25) is 0 Å². The Morgan fingerprint density at radius 1 is 1.00 bits per heavy atom. The van der Waals surface area contributed by atoms with Crippen molar-refractivity contribution in [1.29, 1.82) is 0 Å². The first kappa shape index (κ1) is 22.1. The zero-order valence-electron chi connectivity index (χ0n) is 15.8. The molecule has 0 saturated carbocycles. The summed E-state index contributed by atoms with van der Waals surface area (Å²) in [5.41, 5.74) is 9.90. The molecule has 0 aliphatic carbocycles. The molecule has 1 rings (SSSR count). The van der Waals surface area contributed by atoms with E-state index in [4.69, 9.17) is 10.9 Å². The average Bonchev–Trinajstić information content (AvgIpc) is 2.66. The number of nitrogens with two attached hydrogens (primary N) is 1. The molecular formula is C20H33N3O3. The first-order chi connectivity index (χ1) is 12.6. The highest BCUT2D eigenvalue weighted by Gasteiger charge is 2.13. The largest absolute Gasteiger partial charge is 0.345 e. The highest BCUT2D eigenvalue weighted by Crippen LogP contribution is 2.14. The van der Waals surface area contributed by atoms with Gasteiger partial charge in [-0.15, -0.1) is 0 Å². The van der Waals surface area contributed by atoms with Gasteiger partial charge in [-0.25, -0.2) is 5.48 Å². The van der Waals surface area contributed by atoms with Crippen molar-refractivity contribution in [3.8, 4) is 0 Å². The maximum absolute atomic E-state index is 11.7. The molecule has 6 nitrogen and oxygen atoms in total. The van der Waals surface area contributed by atoms with Crippen LogP contribution in [-0.4, -0.2) is 23.1 Å². The summed E-state index contributed by atoms with van der Waals surface area (Å²) < 4.78 is 0. The fourth-order valence-electron chi connectivity index (χ4n) is 2.96. The van der Waals surface area contributed by atoms with E-state index in [0.717, 1.165) is 25.7 Å². The van der Waals surface area contributed by atoms with E-state index < -0.39 is 11.9 Å². The summed E-state index contributed by atoms with van der Waals surface area (Å²) >= 11 is 0. The van der Waals surface area contributed by atoms with E-state index >= 15 is 0 Å². The second-order valence-electron chi connectivity index (χ2n) is 6.71. The summed E-state index contributed by atoms with van der Waals surface area (Å²) in [5, 5.41) is 11.0. The van der Waals surface area contributed by atoms with Gasteiger partial charge in [0.25, 0.3) is 5.91 Å². The van der Waals surface area contributed by atoms with Gasteiger partial charge in [0.05, 0.1) is 0 Å². The molecule has 5 N–H and O–H groups in total. The third-order valence-electron chi connectivity index (χ3n) is 4.57. The van der Waals surface area contributed by atoms with Crippen LogP contribution in [0.15, 0.2) is 24.3 Å². The van der Waals surface area contributed by atoms with Gasteiger partial charge in [0.2, 0.25) is 5.91 Å². The monoisotopic (exact) mass is 363 g/mol. The number of amides is 2. The molecule has 146 valence electrons. The Kier molecular flexibility index (Phi) is 11.3. The zero-order valence-corrected chi connectivity index (χ0v) is 15.8. The minimum atomic E-state index is -0.711. The number of hydrogen-bond donors (Lipinski definition) is 4. The number of unbranched alkanes of at least 4 members (excludes halogenated alkanes) is 6. The van der Waals surface area contributed by atoms with Crippen molar-refractivity contribution in [2.45, 2.75) is 77.3 Å². The van der Waals surface area contributed by atoms with E-state index in [-0.39, 0.29) is 5.91 Å². The molecule has 0 aromatic heterocycles. The third kappa shape index (κ3) is 8.97. The van der Waals surface area contributed by atoms with E-state index in [0.29, 0.717) is 13.0 Å². The van der Waals surface area contributed by atoms with E-state index in [2.05, 4.69) is 23.5 Å².